The number of aromatic nitrogens is 1. The number of hydrogen-bond acceptors (Lipinski definition) is 4. The maximum absolute atomic E-state index is 12.8. The van der Waals surface area contributed by atoms with Gasteiger partial charge in [-0.15, -0.1) is 0 Å². The normalized spacial score (nSPS) is 10.5. The fourth-order valence-corrected chi connectivity index (χ4v) is 2.82. The van der Waals surface area contributed by atoms with Crippen LogP contribution in [-0.2, 0) is 11.3 Å². The van der Waals surface area contributed by atoms with E-state index in [0.717, 1.165) is 16.3 Å². The summed E-state index contributed by atoms with van der Waals surface area (Å²) in [6.07, 6.45) is 2.84. The van der Waals surface area contributed by atoms with Gasteiger partial charge in [0.1, 0.15) is 0 Å². The van der Waals surface area contributed by atoms with Crippen LogP contribution in [0.25, 0.3) is 10.8 Å². The Morgan fingerprint density at radius 3 is 2.60 bits per heavy atom. The molecule has 0 spiro atoms. The van der Waals surface area contributed by atoms with Crippen molar-refractivity contribution in [1.82, 2.24) is 9.88 Å². The lowest BCUT2D eigenvalue weighted by Gasteiger charge is -2.19. The Hall–Kier alpha value is -3.21. The molecule has 0 saturated heterocycles. The number of benzene rings is 2. The van der Waals surface area contributed by atoms with Gasteiger partial charge >= 0.3 is 5.97 Å². The van der Waals surface area contributed by atoms with Gasteiger partial charge in [-0.05, 0) is 22.4 Å². The summed E-state index contributed by atoms with van der Waals surface area (Å²) in [5.74, 6) is -0.828. The molecular weight excluding hydrogens is 316 g/mol. The number of amides is 1. The molecule has 0 N–H and O–H groups in total. The van der Waals surface area contributed by atoms with Crippen LogP contribution in [0.2, 0.25) is 0 Å². The molecule has 0 aliphatic carbocycles. The quantitative estimate of drug-likeness (QED) is 0.687. The van der Waals surface area contributed by atoms with Crippen LogP contribution >= 0.6 is 0 Å². The third-order valence-corrected chi connectivity index (χ3v) is 4.09. The van der Waals surface area contributed by atoms with Gasteiger partial charge in [0, 0.05) is 26.0 Å². The Morgan fingerprint density at radius 1 is 1.04 bits per heavy atom. The minimum absolute atomic E-state index is 0.166. The van der Waals surface area contributed by atoms with Crippen molar-refractivity contribution in [3.63, 3.8) is 0 Å². The monoisotopic (exact) mass is 334 g/mol. The lowest BCUT2D eigenvalue weighted by atomic mass is 10.0. The molecule has 0 saturated carbocycles. The number of pyridine rings is 1. The van der Waals surface area contributed by atoms with Gasteiger partial charge in [0.25, 0.3) is 5.91 Å². The fraction of sp³-hybridized carbons (Fsp3) is 0.150. The first-order valence-corrected chi connectivity index (χ1v) is 7.86. The van der Waals surface area contributed by atoms with E-state index in [2.05, 4.69) is 4.98 Å². The zero-order valence-corrected chi connectivity index (χ0v) is 14.1. The topological polar surface area (TPSA) is 59.5 Å². The second-order valence-electron chi connectivity index (χ2n) is 5.71. The molecule has 2 aromatic carbocycles. The van der Waals surface area contributed by atoms with E-state index in [-0.39, 0.29) is 17.0 Å². The zero-order chi connectivity index (χ0) is 17.8. The fourth-order valence-electron chi connectivity index (χ4n) is 2.82. The highest BCUT2D eigenvalue weighted by Gasteiger charge is 2.21. The number of ether oxygens (including phenoxy) is 1. The van der Waals surface area contributed by atoms with Crippen LogP contribution in [0.3, 0.4) is 0 Å². The van der Waals surface area contributed by atoms with Crippen molar-refractivity contribution in [2.75, 3.05) is 14.2 Å². The average molecular weight is 334 g/mol. The van der Waals surface area contributed by atoms with E-state index < -0.39 is 5.97 Å². The van der Waals surface area contributed by atoms with Gasteiger partial charge in [-0.2, -0.15) is 0 Å². The Kier molecular flexibility index (Phi) is 4.75. The standard InChI is InChI=1S/C20H18N2O3/c1-22(13-15-8-5-7-14-6-3-4-9-16(14)15)19(23)17-10-11-21-12-18(17)20(24)25-2/h3-12H,13H2,1-2H3. The van der Waals surface area contributed by atoms with E-state index in [0.29, 0.717) is 6.54 Å². The summed E-state index contributed by atoms with van der Waals surface area (Å²) in [5.41, 5.74) is 1.49. The van der Waals surface area contributed by atoms with Gasteiger partial charge in [0.15, 0.2) is 0 Å². The van der Waals surface area contributed by atoms with Crippen molar-refractivity contribution in [2.24, 2.45) is 0 Å². The van der Waals surface area contributed by atoms with E-state index in [4.69, 9.17) is 4.74 Å². The predicted octanol–water partition coefficient (Wildman–Crippen LogP) is 3.29. The number of nitrogens with zero attached hydrogens (tertiary/aromatic N) is 2. The number of fused-ring (bicyclic) bond motifs is 1. The van der Waals surface area contributed by atoms with Crippen LogP contribution in [0, 0.1) is 0 Å². The molecule has 0 aliphatic heterocycles. The Morgan fingerprint density at radius 2 is 1.80 bits per heavy atom. The SMILES string of the molecule is COC(=O)c1cnccc1C(=O)N(C)Cc1cccc2ccccc12. The van der Waals surface area contributed by atoms with E-state index in [9.17, 15) is 9.59 Å². The summed E-state index contributed by atoms with van der Waals surface area (Å²) < 4.78 is 4.73. The van der Waals surface area contributed by atoms with Gasteiger partial charge in [-0.1, -0.05) is 42.5 Å². The van der Waals surface area contributed by atoms with Gasteiger partial charge < -0.3 is 9.64 Å². The van der Waals surface area contributed by atoms with E-state index in [1.807, 2.05) is 42.5 Å². The molecule has 1 aromatic heterocycles. The van der Waals surface area contributed by atoms with Crippen molar-refractivity contribution in [1.29, 1.82) is 0 Å². The number of carbonyl (C=O) groups is 2. The second-order valence-corrected chi connectivity index (χ2v) is 5.71. The maximum atomic E-state index is 12.8. The van der Waals surface area contributed by atoms with Crippen LogP contribution in [0.4, 0.5) is 0 Å². The van der Waals surface area contributed by atoms with E-state index >= 15 is 0 Å². The first-order chi connectivity index (χ1) is 12.1. The van der Waals surface area contributed by atoms with Crippen LogP contribution in [0.5, 0.6) is 0 Å². The van der Waals surface area contributed by atoms with Crippen molar-refractivity contribution in [3.8, 4) is 0 Å². The summed E-state index contributed by atoms with van der Waals surface area (Å²) in [6.45, 7) is 0.434. The van der Waals surface area contributed by atoms with Gasteiger partial charge in [0.05, 0.1) is 18.2 Å². The molecule has 0 aliphatic rings. The highest BCUT2D eigenvalue weighted by molar-refractivity contribution is 6.05. The largest absolute Gasteiger partial charge is 0.465 e. The first-order valence-electron chi connectivity index (χ1n) is 7.86. The summed E-state index contributed by atoms with van der Waals surface area (Å²) in [7, 11) is 3.00. The van der Waals surface area contributed by atoms with Gasteiger partial charge in [-0.3, -0.25) is 9.78 Å². The second kappa shape index (κ2) is 7.13. The number of rotatable bonds is 4. The molecule has 0 radical (unpaired) electrons. The zero-order valence-electron chi connectivity index (χ0n) is 14.1. The number of methoxy groups -OCH3 is 1. The predicted molar refractivity (Wildman–Crippen MR) is 95.3 cm³/mol. The lowest BCUT2D eigenvalue weighted by molar-refractivity contribution is 0.0591. The number of esters is 1. The summed E-state index contributed by atoms with van der Waals surface area (Å²) >= 11 is 0. The lowest BCUT2D eigenvalue weighted by Crippen LogP contribution is -2.28. The smallest absolute Gasteiger partial charge is 0.340 e. The van der Waals surface area contributed by atoms with Crippen molar-refractivity contribution in [3.05, 3.63) is 77.6 Å². The highest BCUT2D eigenvalue weighted by Crippen LogP contribution is 2.21. The minimum Gasteiger partial charge on any atom is -0.465 e. The molecule has 3 aromatic rings. The average Bonchev–Trinajstić information content (AvgIpc) is 2.67. The third kappa shape index (κ3) is 3.35. The molecule has 1 heterocycles. The Bertz CT molecular complexity index is 932. The molecule has 1 amide bonds. The summed E-state index contributed by atoms with van der Waals surface area (Å²) in [4.78, 5) is 30.2. The van der Waals surface area contributed by atoms with Crippen LogP contribution in [-0.4, -0.2) is 35.9 Å². The number of hydrogen-bond donors (Lipinski definition) is 0. The van der Waals surface area contributed by atoms with Crippen LogP contribution in [0.15, 0.2) is 60.9 Å². The summed E-state index contributed by atoms with van der Waals surface area (Å²) in [5, 5.41) is 2.23. The minimum atomic E-state index is -0.574. The van der Waals surface area contributed by atoms with Crippen molar-refractivity contribution in [2.45, 2.75) is 6.54 Å². The Balaban J connectivity index is 1.90. The molecule has 0 fully saturated rings. The number of carbonyl (C=O) groups excluding carboxylic acids is 2. The van der Waals surface area contributed by atoms with Crippen LogP contribution < -0.4 is 0 Å². The van der Waals surface area contributed by atoms with Crippen molar-refractivity contribution < 1.29 is 14.3 Å². The molecule has 126 valence electrons. The van der Waals surface area contributed by atoms with E-state index in [1.165, 1.54) is 25.6 Å². The molecule has 5 nitrogen and oxygen atoms in total. The Labute approximate surface area is 145 Å². The first kappa shape index (κ1) is 16.6. The van der Waals surface area contributed by atoms with Crippen LogP contribution in [0.1, 0.15) is 26.3 Å². The molecule has 5 heteroatoms. The molecule has 0 bridgehead atoms. The molecule has 0 atom stereocenters. The molecule has 3 rings (SSSR count). The maximum Gasteiger partial charge on any atom is 0.340 e. The third-order valence-electron chi connectivity index (χ3n) is 4.09. The summed E-state index contributed by atoms with van der Waals surface area (Å²) in [6, 6.07) is 15.6. The van der Waals surface area contributed by atoms with Gasteiger partial charge in [0.2, 0.25) is 0 Å². The van der Waals surface area contributed by atoms with E-state index in [1.54, 1.807) is 11.9 Å². The van der Waals surface area contributed by atoms with Crippen molar-refractivity contribution >= 4 is 22.6 Å². The molecular formula is C20H18N2O3. The molecule has 0 unspecified atom stereocenters. The highest BCUT2D eigenvalue weighted by atomic mass is 16.5. The van der Waals surface area contributed by atoms with Gasteiger partial charge in [-0.25, -0.2) is 4.79 Å². The molecule has 25 heavy (non-hydrogen) atoms.